The Morgan fingerprint density at radius 2 is 1.95 bits per heavy atom. The third-order valence-corrected chi connectivity index (χ3v) is 4.93. The van der Waals surface area contributed by atoms with Gasteiger partial charge < -0.3 is 10.0 Å². The molecule has 0 atom stereocenters. The summed E-state index contributed by atoms with van der Waals surface area (Å²) in [5.74, 6) is 0.221. The van der Waals surface area contributed by atoms with Gasteiger partial charge in [-0.3, -0.25) is 0 Å². The van der Waals surface area contributed by atoms with Crippen molar-refractivity contribution in [2.75, 3.05) is 19.6 Å². The highest BCUT2D eigenvalue weighted by atomic mass is 35.5. The number of halogens is 1. The summed E-state index contributed by atoms with van der Waals surface area (Å²) >= 11 is 5.71. The molecular weight excluding hydrogens is 304 g/mol. The first kappa shape index (κ1) is 15.1. The number of likely N-dealkylation sites (tertiary alicyclic amines) is 1. The second-order valence-electron chi connectivity index (χ2n) is 4.69. The summed E-state index contributed by atoms with van der Waals surface area (Å²) in [4.78, 5) is 12.0. The lowest BCUT2D eigenvalue weighted by Crippen LogP contribution is -2.50. The van der Waals surface area contributed by atoms with Crippen LogP contribution in [0, 0.1) is 5.92 Å². The van der Waals surface area contributed by atoms with Crippen molar-refractivity contribution >= 4 is 27.7 Å². The number of sulfonamides is 1. The van der Waals surface area contributed by atoms with Crippen molar-refractivity contribution in [2.24, 2.45) is 5.92 Å². The second kappa shape index (κ2) is 5.99. The van der Waals surface area contributed by atoms with Crippen LogP contribution in [0.15, 0.2) is 29.2 Å². The molecule has 2 N–H and O–H groups in total. The molecule has 2 rings (SSSR count). The third kappa shape index (κ3) is 3.62. The molecule has 1 aliphatic heterocycles. The van der Waals surface area contributed by atoms with Crippen LogP contribution in [0.3, 0.4) is 0 Å². The second-order valence-corrected chi connectivity index (χ2v) is 6.90. The van der Waals surface area contributed by atoms with Gasteiger partial charge in [0.05, 0.1) is 4.90 Å². The monoisotopic (exact) mass is 318 g/mol. The maximum absolute atomic E-state index is 11.9. The van der Waals surface area contributed by atoms with E-state index in [0.29, 0.717) is 31.1 Å². The summed E-state index contributed by atoms with van der Waals surface area (Å²) in [5, 5.41) is 9.16. The van der Waals surface area contributed by atoms with Crippen molar-refractivity contribution < 1.29 is 18.3 Å². The Kier molecular flexibility index (Phi) is 4.52. The number of carbonyl (C=O) groups is 1. The molecule has 0 bridgehead atoms. The average Bonchev–Trinajstić information content (AvgIpc) is 2.32. The number of carboxylic acid groups (broad SMARTS) is 1. The Morgan fingerprint density at radius 3 is 2.50 bits per heavy atom. The fourth-order valence-corrected chi connectivity index (χ4v) is 3.18. The zero-order valence-electron chi connectivity index (χ0n) is 10.6. The third-order valence-electron chi connectivity index (χ3n) is 3.20. The Hall–Kier alpha value is -1.31. The highest BCUT2D eigenvalue weighted by Crippen LogP contribution is 2.19. The molecule has 0 radical (unpaired) electrons. The molecule has 1 aromatic carbocycles. The van der Waals surface area contributed by atoms with Crippen molar-refractivity contribution in [2.45, 2.75) is 11.3 Å². The van der Waals surface area contributed by atoms with Crippen LogP contribution in [0.1, 0.15) is 6.42 Å². The zero-order chi connectivity index (χ0) is 14.8. The van der Waals surface area contributed by atoms with Gasteiger partial charge in [-0.15, -0.1) is 0 Å². The molecule has 1 aliphatic rings. The van der Waals surface area contributed by atoms with E-state index >= 15 is 0 Å². The first-order valence-corrected chi connectivity index (χ1v) is 7.98. The molecule has 1 fully saturated rings. The first-order valence-electron chi connectivity index (χ1n) is 6.11. The number of rotatable bonds is 5. The molecule has 0 unspecified atom stereocenters. The highest BCUT2D eigenvalue weighted by Gasteiger charge is 2.30. The summed E-state index contributed by atoms with van der Waals surface area (Å²) in [5.41, 5.74) is 0. The van der Waals surface area contributed by atoms with E-state index in [1.807, 2.05) is 0 Å². The highest BCUT2D eigenvalue weighted by molar-refractivity contribution is 7.89. The van der Waals surface area contributed by atoms with Crippen LogP contribution in [-0.4, -0.2) is 44.2 Å². The Morgan fingerprint density at radius 1 is 1.35 bits per heavy atom. The number of hydrogen-bond acceptors (Lipinski definition) is 3. The molecule has 6 nitrogen and oxygen atoms in total. The van der Waals surface area contributed by atoms with E-state index in [0.717, 1.165) is 0 Å². The molecule has 0 spiro atoms. The minimum absolute atomic E-state index is 0.169. The zero-order valence-corrected chi connectivity index (χ0v) is 12.2. The largest absolute Gasteiger partial charge is 0.465 e. The molecule has 1 heterocycles. The van der Waals surface area contributed by atoms with Gasteiger partial charge in [0, 0.05) is 24.7 Å². The predicted molar refractivity (Wildman–Crippen MR) is 74.3 cm³/mol. The van der Waals surface area contributed by atoms with Gasteiger partial charge in [0.15, 0.2) is 0 Å². The fourth-order valence-electron chi connectivity index (χ4n) is 2.00. The van der Waals surface area contributed by atoms with Gasteiger partial charge in [-0.2, -0.15) is 0 Å². The molecule has 1 saturated heterocycles. The molecule has 1 amide bonds. The van der Waals surface area contributed by atoms with Crippen LogP contribution in [0.5, 0.6) is 0 Å². The van der Waals surface area contributed by atoms with Gasteiger partial charge in [-0.25, -0.2) is 17.9 Å². The summed E-state index contributed by atoms with van der Waals surface area (Å²) in [6.07, 6.45) is -0.306. The van der Waals surface area contributed by atoms with E-state index < -0.39 is 16.1 Å². The number of nitrogens with one attached hydrogen (secondary N) is 1. The van der Waals surface area contributed by atoms with Crippen molar-refractivity contribution in [1.29, 1.82) is 0 Å². The van der Waals surface area contributed by atoms with E-state index in [-0.39, 0.29) is 10.8 Å². The molecular formula is C12H15ClN2O4S. The number of nitrogens with zero attached hydrogens (tertiary/aromatic N) is 1. The van der Waals surface area contributed by atoms with E-state index in [2.05, 4.69) is 4.72 Å². The van der Waals surface area contributed by atoms with Gasteiger partial charge in [-0.05, 0) is 36.6 Å². The van der Waals surface area contributed by atoms with Crippen LogP contribution in [0.25, 0.3) is 0 Å². The SMILES string of the molecule is O=C(O)N1CC(CCNS(=O)(=O)c2ccc(Cl)cc2)C1. The van der Waals surface area contributed by atoms with E-state index in [1.165, 1.54) is 29.2 Å². The quantitative estimate of drug-likeness (QED) is 0.863. The van der Waals surface area contributed by atoms with Crippen molar-refractivity contribution in [3.8, 4) is 0 Å². The van der Waals surface area contributed by atoms with Gasteiger partial charge in [0.2, 0.25) is 10.0 Å². The summed E-state index contributed by atoms with van der Waals surface area (Å²) in [6, 6.07) is 5.93. The van der Waals surface area contributed by atoms with Gasteiger partial charge in [0.25, 0.3) is 0 Å². The maximum atomic E-state index is 11.9. The fraction of sp³-hybridized carbons (Fsp3) is 0.417. The standard InChI is InChI=1S/C12H15ClN2O4S/c13-10-1-3-11(4-2-10)20(18,19)14-6-5-9-7-15(8-9)12(16)17/h1-4,9,14H,5-8H2,(H,16,17). The Balaban J connectivity index is 1.79. The minimum atomic E-state index is -3.53. The van der Waals surface area contributed by atoms with E-state index in [9.17, 15) is 13.2 Å². The lowest BCUT2D eigenvalue weighted by Gasteiger charge is -2.37. The van der Waals surface area contributed by atoms with Crippen molar-refractivity contribution in [3.05, 3.63) is 29.3 Å². The molecule has 0 saturated carbocycles. The first-order chi connectivity index (χ1) is 9.38. The van der Waals surface area contributed by atoms with Crippen LogP contribution in [0.4, 0.5) is 4.79 Å². The smallest absolute Gasteiger partial charge is 0.407 e. The maximum Gasteiger partial charge on any atom is 0.407 e. The van der Waals surface area contributed by atoms with E-state index in [1.54, 1.807) is 0 Å². The Bertz CT molecular complexity index is 582. The van der Waals surface area contributed by atoms with Crippen molar-refractivity contribution in [1.82, 2.24) is 9.62 Å². The number of benzene rings is 1. The summed E-state index contributed by atoms with van der Waals surface area (Å²) < 4.78 is 26.4. The molecule has 0 aliphatic carbocycles. The van der Waals surface area contributed by atoms with Crippen LogP contribution >= 0.6 is 11.6 Å². The van der Waals surface area contributed by atoms with Crippen LogP contribution < -0.4 is 4.72 Å². The summed E-state index contributed by atoms with van der Waals surface area (Å²) in [6.45, 7) is 1.24. The molecule has 1 aromatic rings. The lowest BCUT2D eigenvalue weighted by molar-refractivity contribution is 0.0790. The Labute approximate surface area is 122 Å². The lowest BCUT2D eigenvalue weighted by atomic mass is 9.97. The van der Waals surface area contributed by atoms with Crippen molar-refractivity contribution in [3.63, 3.8) is 0 Å². The topological polar surface area (TPSA) is 86.7 Å². The van der Waals surface area contributed by atoms with Gasteiger partial charge in [-0.1, -0.05) is 11.6 Å². The van der Waals surface area contributed by atoms with Gasteiger partial charge >= 0.3 is 6.09 Å². The molecule has 8 heteroatoms. The summed E-state index contributed by atoms with van der Waals surface area (Å²) in [7, 11) is -3.53. The van der Waals surface area contributed by atoms with Gasteiger partial charge in [0.1, 0.15) is 0 Å². The minimum Gasteiger partial charge on any atom is -0.465 e. The predicted octanol–water partition coefficient (Wildman–Crippen LogP) is 1.62. The van der Waals surface area contributed by atoms with Crippen LogP contribution in [-0.2, 0) is 10.0 Å². The number of hydrogen-bond donors (Lipinski definition) is 2. The molecule has 0 aromatic heterocycles. The molecule has 20 heavy (non-hydrogen) atoms. The average molecular weight is 319 g/mol. The number of amides is 1. The normalized spacial score (nSPS) is 15.9. The van der Waals surface area contributed by atoms with Crippen LogP contribution in [0.2, 0.25) is 5.02 Å². The molecule has 110 valence electrons. The van der Waals surface area contributed by atoms with E-state index in [4.69, 9.17) is 16.7 Å².